The van der Waals surface area contributed by atoms with Crippen LogP contribution in [-0.4, -0.2) is 380 Å². The highest BCUT2D eigenvalue weighted by atomic mass is 35.5. The summed E-state index contributed by atoms with van der Waals surface area (Å²) in [6.45, 7) is 50.0. The van der Waals surface area contributed by atoms with Crippen LogP contribution in [0.15, 0.2) is 0 Å². The molecule has 26 nitrogen and oxygen atoms in total. The summed E-state index contributed by atoms with van der Waals surface area (Å²) >= 11 is 10.5. The molecule has 8 fully saturated rings. The number of aliphatic hydroxyl groups excluding tert-OH is 4. The monoisotopic (exact) mass is 1540 g/mol. The molecule has 104 heavy (non-hydrogen) atoms. The predicted octanol–water partition coefficient (Wildman–Crippen LogP) is 1.74. The molecule has 8 aliphatic heterocycles. The zero-order valence-electron chi connectivity index (χ0n) is 70.0. The average molecular weight is 1540 g/mol. The molecule has 8 saturated heterocycles. The van der Waals surface area contributed by atoms with Crippen molar-refractivity contribution in [2.75, 3.05) is 213 Å². The highest BCUT2D eigenvalue weighted by molar-refractivity contribution is 6.18. The van der Waals surface area contributed by atoms with Gasteiger partial charge in [-0.2, -0.15) is 10.1 Å². The van der Waals surface area contributed by atoms with Gasteiger partial charge in [0.1, 0.15) is 47.5 Å². The molecule has 0 spiro atoms. The number of nitrogens with one attached hydrogen (secondary N) is 8. The van der Waals surface area contributed by atoms with E-state index in [1.54, 1.807) is 0 Å². The van der Waals surface area contributed by atoms with Gasteiger partial charge in [0, 0.05) is 126 Å². The molecule has 0 bridgehead atoms. The second-order valence-electron chi connectivity index (χ2n) is 38.1. The largest absolute Gasteiger partial charge is 0.389 e. The standard InChI is InChI=1S/C30H63N5O4.C28H59N5O6.2C6H14NO.2C3H5ClO/c1-27(2)15-25(16-28(3,4)34(27)9)38-21-23(36)19-32-13-11-31-12-14-33-20-24(37)22-39-26-17-29(5,6)35(10)30(7,8)18-26;1-25(2)13-23(14-26(3,4)32(25)36)38-19-21(34)17-30-11-9-29-10-12-31-18-22(35)20-39-24-15-27(5,6)33(37)28(7,8)16-24;2*1-7(2,3)4-6-5-8-6;2*4-1-3-2-5-3/h23-26,31-33,36-37H,11-22H2,1-10H3;21-24,29-31,34-37H,9-20H2,1-8H3;2*6H,4-5H2,1-3H3;2*3H,1-2H2/q;;2*+1;;/p+2. The number of nitrogens with zero attached hydrogens (tertiary/aromatic N) is 4. The van der Waals surface area contributed by atoms with Crippen LogP contribution in [0.3, 0.4) is 0 Å². The molecule has 0 aliphatic carbocycles. The molecule has 8 aliphatic rings. The second kappa shape index (κ2) is 44.8. The van der Waals surface area contributed by atoms with Crippen LogP contribution in [0.1, 0.15) is 162 Å². The highest BCUT2D eigenvalue weighted by Crippen LogP contribution is 2.40. The van der Waals surface area contributed by atoms with Gasteiger partial charge < -0.3 is 99.2 Å². The van der Waals surface area contributed by atoms with Crippen molar-refractivity contribution < 1.29 is 87.8 Å². The van der Waals surface area contributed by atoms with Crippen LogP contribution in [0.4, 0.5) is 0 Å². The lowest BCUT2D eigenvalue weighted by Crippen LogP contribution is -3.25. The van der Waals surface area contributed by atoms with Gasteiger partial charge in [-0.05, 0) is 151 Å². The number of ether oxygens (including phenoxy) is 8. The lowest BCUT2D eigenvalue weighted by atomic mass is 9.79. The van der Waals surface area contributed by atoms with Gasteiger partial charge >= 0.3 is 0 Å². The third-order valence-corrected chi connectivity index (χ3v) is 21.7. The number of alkyl halides is 2. The molecule has 0 amide bonds. The van der Waals surface area contributed by atoms with Crippen molar-refractivity contribution in [1.82, 2.24) is 41.7 Å². The Morgan fingerprint density at radius 2 is 0.558 bits per heavy atom. The molecule has 0 saturated carbocycles. The molecular formula is C76H162Cl2N12O14+4. The molecule has 0 aromatic rings. The molecule has 14 N–H and O–H groups in total. The Bertz CT molecular complexity index is 1950. The van der Waals surface area contributed by atoms with E-state index in [2.05, 4.69) is 153 Å². The Kier molecular flexibility index (Phi) is 42.1. The first-order valence-electron chi connectivity index (χ1n) is 39.2. The SMILES string of the molecule is CC1(C)CC(OCC(O)CNCCNCCNCC(O)COC2CC(C)(C)[NH+](O)C(C)(C)C2)CC(C)(C)[NH+]1O.CN1C(C)(C)CC(OCC(O)CNCCNCCNCC(O)COC2CC(C)(C)N(C)C(C)(C)C2)CC1(C)C.C[N+](C)(C)CC1CO1.C[N+](C)(C)CC1CO1.ClCC1CO1.ClCC1CO1. The normalized spacial score (nSPS) is 28.8. The molecule has 28 heteroatoms. The van der Waals surface area contributed by atoms with Gasteiger partial charge in [-0.25, -0.2) is 10.4 Å². The Hall–Kier alpha value is -0.460. The summed E-state index contributed by atoms with van der Waals surface area (Å²) in [7, 11) is 17.5. The first kappa shape index (κ1) is 97.7. The predicted molar refractivity (Wildman–Crippen MR) is 417 cm³/mol. The van der Waals surface area contributed by atoms with E-state index < -0.39 is 24.4 Å². The van der Waals surface area contributed by atoms with E-state index >= 15 is 0 Å². The molecule has 0 aromatic heterocycles. The Morgan fingerprint density at radius 1 is 0.365 bits per heavy atom. The maximum absolute atomic E-state index is 10.5. The van der Waals surface area contributed by atoms with Gasteiger partial charge in [0.15, 0.2) is 0 Å². The number of aliphatic hydroxyl groups is 4. The number of hydrogen-bond donors (Lipinski definition) is 14. The lowest BCUT2D eigenvalue weighted by molar-refractivity contribution is -1.16. The summed E-state index contributed by atoms with van der Waals surface area (Å²) in [6.07, 6.45) is 7.10. The van der Waals surface area contributed by atoms with Crippen molar-refractivity contribution in [3.63, 3.8) is 0 Å². The van der Waals surface area contributed by atoms with Crippen LogP contribution in [0.5, 0.6) is 0 Å². The third-order valence-electron chi connectivity index (χ3n) is 21.0. The minimum absolute atomic E-state index is 0.0273. The molecule has 620 valence electrons. The Balaban J connectivity index is 0.000000397. The van der Waals surface area contributed by atoms with Gasteiger partial charge in [0.05, 0.1) is 168 Å². The number of rotatable bonds is 38. The van der Waals surface area contributed by atoms with Crippen molar-refractivity contribution in [3.05, 3.63) is 0 Å². The average Bonchev–Trinajstić information content (AvgIpc) is 0.902. The Morgan fingerprint density at radius 3 is 0.721 bits per heavy atom. The number of hydrogen-bond acceptors (Lipinski definition) is 22. The van der Waals surface area contributed by atoms with E-state index in [9.17, 15) is 30.8 Å². The quantitative estimate of drug-likeness (QED) is 0.0181. The third kappa shape index (κ3) is 41.4. The minimum Gasteiger partial charge on any atom is -0.389 e. The van der Waals surface area contributed by atoms with Crippen LogP contribution >= 0.6 is 23.2 Å². The number of likely N-dealkylation sites (N-methyl/N-ethyl adjacent to an activating group) is 2. The van der Waals surface area contributed by atoms with E-state index in [0.29, 0.717) is 85.7 Å². The number of piperidine rings is 4. The summed E-state index contributed by atoms with van der Waals surface area (Å²) in [5.41, 5.74) is -0.778. The van der Waals surface area contributed by atoms with E-state index in [1.165, 1.54) is 0 Å². The minimum atomic E-state index is -0.573. The summed E-state index contributed by atoms with van der Waals surface area (Å²) in [5, 5.41) is 83.2. The molecule has 8 unspecified atom stereocenters. The van der Waals surface area contributed by atoms with Gasteiger partial charge in [0.2, 0.25) is 0 Å². The summed E-state index contributed by atoms with van der Waals surface area (Å²) in [4.78, 5) is 4.88. The van der Waals surface area contributed by atoms with Gasteiger partial charge in [-0.1, -0.05) is 0 Å². The smallest absolute Gasteiger partial charge is 0.130 e. The number of epoxide rings is 4. The second-order valence-corrected chi connectivity index (χ2v) is 38.7. The molecule has 0 radical (unpaired) electrons. The maximum atomic E-state index is 10.5. The fourth-order valence-corrected chi connectivity index (χ4v) is 15.2. The van der Waals surface area contributed by atoms with Crippen LogP contribution in [0, 0.1) is 0 Å². The lowest BCUT2D eigenvalue weighted by Gasteiger charge is -2.53. The highest BCUT2D eigenvalue weighted by Gasteiger charge is 2.52. The molecule has 8 heterocycles. The number of likely N-dealkylation sites (tertiary alicyclic amines) is 2. The number of quaternary nitrogens is 4. The van der Waals surface area contributed by atoms with Crippen LogP contribution in [-0.2, 0) is 37.9 Å². The summed E-state index contributed by atoms with van der Waals surface area (Å²) in [5.74, 6) is 1.33. The van der Waals surface area contributed by atoms with Crippen molar-refractivity contribution in [2.24, 2.45) is 0 Å². The fraction of sp³-hybridized carbons (Fsp3) is 1.00. The molecule has 0 aromatic carbocycles. The zero-order valence-corrected chi connectivity index (χ0v) is 71.6. The van der Waals surface area contributed by atoms with E-state index in [1.807, 2.05) is 55.4 Å². The van der Waals surface area contributed by atoms with Crippen LogP contribution in [0.25, 0.3) is 0 Å². The van der Waals surface area contributed by atoms with Crippen LogP contribution < -0.4 is 42.0 Å². The molecule has 8 rings (SSSR count). The first-order valence-corrected chi connectivity index (χ1v) is 40.3. The van der Waals surface area contributed by atoms with Crippen molar-refractivity contribution in [3.8, 4) is 0 Å². The topological polar surface area (TPSA) is 296 Å². The summed E-state index contributed by atoms with van der Waals surface area (Å²) in [6, 6.07) is 0. The Labute approximate surface area is 642 Å². The van der Waals surface area contributed by atoms with Crippen molar-refractivity contribution in [1.29, 1.82) is 0 Å². The first-order chi connectivity index (χ1) is 47.9. The molecular weight excluding hydrogens is 1380 g/mol. The molecule has 8 atom stereocenters. The van der Waals surface area contributed by atoms with Gasteiger partial charge in [-0.15, -0.1) is 23.2 Å². The summed E-state index contributed by atoms with van der Waals surface area (Å²) < 4.78 is 45.8. The number of hydroxylamine groups is 4. The van der Waals surface area contributed by atoms with Crippen molar-refractivity contribution in [2.45, 2.75) is 280 Å². The van der Waals surface area contributed by atoms with Gasteiger partial charge in [0.25, 0.3) is 0 Å². The number of halogens is 2. The van der Waals surface area contributed by atoms with E-state index in [4.69, 9.17) is 61.1 Å². The van der Waals surface area contributed by atoms with E-state index in [-0.39, 0.29) is 81.9 Å². The zero-order chi connectivity index (χ0) is 78.8. The van der Waals surface area contributed by atoms with E-state index in [0.717, 1.165) is 152 Å². The van der Waals surface area contributed by atoms with Crippen molar-refractivity contribution >= 4 is 23.2 Å². The van der Waals surface area contributed by atoms with Crippen LogP contribution in [0.2, 0.25) is 0 Å². The fourth-order valence-electron chi connectivity index (χ4n) is 14.8. The maximum Gasteiger partial charge on any atom is 0.130 e. The van der Waals surface area contributed by atoms with Gasteiger partial charge in [-0.3, -0.25) is 9.80 Å².